The number of carbonyl (C=O) groups is 1. The van der Waals surface area contributed by atoms with E-state index in [4.69, 9.17) is 9.47 Å². The fourth-order valence-corrected chi connectivity index (χ4v) is 2.31. The Morgan fingerprint density at radius 1 is 1.13 bits per heavy atom. The minimum absolute atomic E-state index is 0.00461. The third kappa shape index (κ3) is 3.26. The number of nitrogens with zero attached hydrogens (tertiary/aromatic N) is 1. The molecule has 0 unspecified atom stereocenters. The maximum atomic E-state index is 12.2. The van der Waals surface area contributed by atoms with Crippen molar-refractivity contribution in [3.8, 4) is 5.75 Å². The molecule has 4 heteroatoms. The number of ketones is 1. The van der Waals surface area contributed by atoms with Crippen LogP contribution in [0.15, 0.2) is 48.9 Å². The van der Waals surface area contributed by atoms with Crippen molar-refractivity contribution in [1.82, 2.24) is 4.98 Å². The summed E-state index contributed by atoms with van der Waals surface area (Å²) in [6.45, 7) is 5.95. The highest BCUT2D eigenvalue weighted by Crippen LogP contribution is 2.31. The molecule has 4 nitrogen and oxygen atoms in total. The molecule has 3 rings (SSSR count). The van der Waals surface area contributed by atoms with E-state index in [0.29, 0.717) is 12.2 Å². The van der Waals surface area contributed by atoms with Gasteiger partial charge >= 0.3 is 0 Å². The topological polar surface area (TPSA) is 48.4 Å². The molecular weight excluding hydrogens is 290 g/mol. The van der Waals surface area contributed by atoms with E-state index in [1.54, 1.807) is 13.8 Å². The van der Waals surface area contributed by atoms with Gasteiger partial charge in [0, 0.05) is 6.20 Å². The summed E-state index contributed by atoms with van der Waals surface area (Å²) < 4.78 is 11.1. The van der Waals surface area contributed by atoms with Crippen LogP contribution in [0.2, 0.25) is 0 Å². The molecule has 1 aromatic carbocycles. The van der Waals surface area contributed by atoms with Gasteiger partial charge in [-0.1, -0.05) is 18.2 Å². The number of aryl methyl sites for hydroxylation is 1. The first-order chi connectivity index (χ1) is 11.0. The molecule has 1 aliphatic heterocycles. The normalized spacial score (nSPS) is 16.0. The first-order valence-corrected chi connectivity index (χ1v) is 7.53. The monoisotopic (exact) mass is 309 g/mol. The summed E-state index contributed by atoms with van der Waals surface area (Å²) >= 11 is 0. The SMILES string of the molecule is Cc1ccc(COc2ccc(C3=COC(C)(C)C3=O)cc2)nc1. The zero-order valence-corrected chi connectivity index (χ0v) is 13.5. The van der Waals surface area contributed by atoms with Crippen LogP contribution < -0.4 is 4.74 Å². The van der Waals surface area contributed by atoms with Gasteiger partial charge in [-0.3, -0.25) is 9.78 Å². The van der Waals surface area contributed by atoms with Gasteiger partial charge in [-0.05, 0) is 50.1 Å². The molecule has 23 heavy (non-hydrogen) atoms. The lowest BCUT2D eigenvalue weighted by Crippen LogP contribution is -2.28. The zero-order valence-electron chi connectivity index (χ0n) is 13.5. The Labute approximate surface area is 135 Å². The third-order valence-electron chi connectivity index (χ3n) is 3.79. The molecule has 0 bridgehead atoms. The van der Waals surface area contributed by atoms with Crippen LogP contribution in [0.4, 0.5) is 0 Å². The first-order valence-electron chi connectivity index (χ1n) is 7.53. The average molecular weight is 309 g/mol. The number of hydrogen-bond acceptors (Lipinski definition) is 4. The molecule has 0 radical (unpaired) electrons. The van der Waals surface area contributed by atoms with Crippen molar-refractivity contribution in [3.63, 3.8) is 0 Å². The first kappa shape index (κ1) is 15.3. The third-order valence-corrected chi connectivity index (χ3v) is 3.79. The summed E-state index contributed by atoms with van der Waals surface area (Å²) in [5.41, 5.74) is 2.66. The molecule has 118 valence electrons. The number of Topliss-reactive ketones (excluding diaryl/α,β-unsaturated/α-hetero) is 1. The number of benzene rings is 1. The van der Waals surface area contributed by atoms with E-state index in [1.807, 2.05) is 49.5 Å². The molecule has 1 aliphatic rings. The van der Waals surface area contributed by atoms with E-state index in [9.17, 15) is 4.79 Å². The van der Waals surface area contributed by atoms with Crippen molar-refractivity contribution in [2.24, 2.45) is 0 Å². The Morgan fingerprint density at radius 3 is 2.43 bits per heavy atom. The van der Waals surface area contributed by atoms with Gasteiger partial charge in [0.05, 0.1) is 17.5 Å². The molecule has 0 aliphatic carbocycles. The summed E-state index contributed by atoms with van der Waals surface area (Å²) in [5.74, 6) is 0.734. The lowest BCUT2D eigenvalue weighted by Gasteiger charge is -2.15. The molecule has 0 saturated carbocycles. The van der Waals surface area contributed by atoms with Gasteiger partial charge in [0.1, 0.15) is 12.4 Å². The second-order valence-corrected chi connectivity index (χ2v) is 6.13. The summed E-state index contributed by atoms with van der Waals surface area (Å²) in [4.78, 5) is 16.5. The lowest BCUT2D eigenvalue weighted by molar-refractivity contribution is -0.125. The molecule has 0 atom stereocenters. The largest absolute Gasteiger partial charge is 0.487 e. The summed E-state index contributed by atoms with van der Waals surface area (Å²) in [5, 5.41) is 0. The molecule has 0 spiro atoms. The Morgan fingerprint density at radius 2 is 1.87 bits per heavy atom. The van der Waals surface area contributed by atoms with Crippen LogP contribution in [0.3, 0.4) is 0 Å². The predicted molar refractivity (Wildman–Crippen MR) is 87.9 cm³/mol. The Balaban J connectivity index is 1.66. The quantitative estimate of drug-likeness (QED) is 0.864. The Bertz CT molecular complexity index is 743. The zero-order chi connectivity index (χ0) is 16.4. The minimum atomic E-state index is -0.776. The smallest absolute Gasteiger partial charge is 0.209 e. The van der Waals surface area contributed by atoms with Crippen LogP contribution in [-0.2, 0) is 16.1 Å². The lowest BCUT2D eigenvalue weighted by atomic mass is 9.95. The van der Waals surface area contributed by atoms with Crippen LogP contribution in [0.1, 0.15) is 30.7 Å². The molecule has 0 N–H and O–H groups in total. The molecule has 2 aromatic rings. The standard InChI is InChI=1S/C19H19NO3/c1-13-4-7-15(20-10-13)11-22-16-8-5-14(6-9-16)17-12-23-19(2,3)18(17)21/h4-10,12H,11H2,1-3H3. The number of pyridine rings is 1. The van der Waals surface area contributed by atoms with E-state index in [1.165, 1.54) is 6.26 Å². The van der Waals surface area contributed by atoms with Crippen LogP contribution in [0.5, 0.6) is 5.75 Å². The van der Waals surface area contributed by atoms with Crippen molar-refractivity contribution in [2.45, 2.75) is 33.0 Å². The van der Waals surface area contributed by atoms with Crippen LogP contribution in [-0.4, -0.2) is 16.4 Å². The van der Waals surface area contributed by atoms with E-state index in [0.717, 1.165) is 22.6 Å². The summed E-state index contributed by atoms with van der Waals surface area (Å²) in [7, 11) is 0. The maximum absolute atomic E-state index is 12.2. The summed E-state index contributed by atoms with van der Waals surface area (Å²) in [6, 6.07) is 11.4. The fourth-order valence-electron chi connectivity index (χ4n) is 2.31. The van der Waals surface area contributed by atoms with Gasteiger partial charge < -0.3 is 9.47 Å². The fraction of sp³-hybridized carbons (Fsp3) is 0.263. The molecular formula is C19H19NO3. The minimum Gasteiger partial charge on any atom is -0.487 e. The van der Waals surface area contributed by atoms with Gasteiger partial charge in [-0.15, -0.1) is 0 Å². The second kappa shape index (κ2) is 5.88. The highest BCUT2D eigenvalue weighted by atomic mass is 16.5. The molecule has 2 heterocycles. The van der Waals surface area contributed by atoms with Crippen LogP contribution in [0.25, 0.3) is 5.57 Å². The van der Waals surface area contributed by atoms with E-state index >= 15 is 0 Å². The van der Waals surface area contributed by atoms with Crippen molar-refractivity contribution in [3.05, 3.63) is 65.7 Å². The van der Waals surface area contributed by atoms with Crippen molar-refractivity contribution in [2.75, 3.05) is 0 Å². The number of rotatable bonds is 4. The van der Waals surface area contributed by atoms with E-state index < -0.39 is 5.60 Å². The molecule has 1 aromatic heterocycles. The number of hydrogen-bond donors (Lipinski definition) is 0. The van der Waals surface area contributed by atoms with Crippen LogP contribution >= 0.6 is 0 Å². The highest BCUT2D eigenvalue weighted by Gasteiger charge is 2.37. The van der Waals surface area contributed by atoms with Crippen LogP contribution in [0, 0.1) is 6.92 Å². The number of aromatic nitrogens is 1. The number of carbonyl (C=O) groups excluding carboxylic acids is 1. The van der Waals surface area contributed by atoms with Gasteiger partial charge in [0.15, 0.2) is 5.60 Å². The summed E-state index contributed by atoms with van der Waals surface area (Å²) in [6.07, 6.45) is 3.36. The maximum Gasteiger partial charge on any atom is 0.209 e. The van der Waals surface area contributed by atoms with Gasteiger partial charge in [-0.25, -0.2) is 0 Å². The molecule has 0 fully saturated rings. The number of ether oxygens (including phenoxy) is 2. The molecule has 0 saturated heterocycles. The Kier molecular flexibility index (Phi) is 3.90. The van der Waals surface area contributed by atoms with Gasteiger partial charge in [-0.2, -0.15) is 0 Å². The van der Waals surface area contributed by atoms with Gasteiger partial charge in [0.25, 0.3) is 0 Å². The average Bonchev–Trinajstić information content (AvgIpc) is 2.81. The second-order valence-electron chi connectivity index (χ2n) is 6.13. The van der Waals surface area contributed by atoms with Crippen molar-refractivity contribution in [1.29, 1.82) is 0 Å². The van der Waals surface area contributed by atoms with E-state index in [2.05, 4.69) is 4.98 Å². The van der Waals surface area contributed by atoms with Crippen molar-refractivity contribution >= 4 is 11.4 Å². The Hall–Kier alpha value is -2.62. The van der Waals surface area contributed by atoms with E-state index in [-0.39, 0.29) is 5.78 Å². The molecule has 0 amide bonds. The van der Waals surface area contributed by atoms with Gasteiger partial charge in [0.2, 0.25) is 5.78 Å². The highest BCUT2D eigenvalue weighted by molar-refractivity contribution is 6.25. The van der Waals surface area contributed by atoms with Crippen molar-refractivity contribution < 1.29 is 14.3 Å². The predicted octanol–water partition coefficient (Wildman–Crippen LogP) is 3.69.